The highest BCUT2D eigenvalue weighted by Gasteiger charge is 2.36. The lowest BCUT2D eigenvalue weighted by Crippen LogP contribution is -2.56. The number of hydrogen-bond donors (Lipinski definition) is 4. The van der Waals surface area contributed by atoms with E-state index < -0.39 is 57.3 Å². The van der Waals surface area contributed by atoms with Gasteiger partial charge in [-0.3, -0.25) is 13.5 Å². The maximum Gasteiger partial charge on any atom is 0.408 e. The van der Waals surface area contributed by atoms with Gasteiger partial charge in [0.25, 0.3) is 16.0 Å². The fourth-order valence-corrected chi connectivity index (χ4v) is 2.97. The Morgan fingerprint density at radius 1 is 1.10 bits per heavy atom. The largest absolute Gasteiger partial charge is 0.447 e. The van der Waals surface area contributed by atoms with Crippen LogP contribution in [0.2, 0.25) is 0 Å². The summed E-state index contributed by atoms with van der Waals surface area (Å²) in [7, 11) is -9.40. The summed E-state index contributed by atoms with van der Waals surface area (Å²) in [6.07, 6.45) is -4.04. The van der Waals surface area contributed by atoms with Crippen LogP contribution in [0.1, 0.15) is 5.56 Å². The highest BCUT2D eigenvalue weighted by atomic mass is 32.2. The Hall–Kier alpha value is -2.95. The first-order valence-electron chi connectivity index (χ1n) is 7.83. The number of ether oxygens (including phenoxy) is 2. The molecule has 0 aliphatic rings. The fraction of sp³-hybridized carbons (Fsp3) is 0.357. The van der Waals surface area contributed by atoms with E-state index in [1.807, 2.05) is 5.32 Å². The second-order valence-electron chi connectivity index (χ2n) is 5.59. The second-order valence-corrected chi connectivity index (χ2v) is 8.35. The monoisotopic (exact) mass is 469 g/mol. The predicted octanol–water partition coefficient (Wildman–Crippen LogP) is -1.36. The van der Waals surface area contributed by atoms with Crippen molar-refractivity contribution < 1.29 is 49.4 Å². The molecule has 1 aromatic carbocycles. The lowest BCUT2D eigenvalue weighted by molar-refractivity contribution is -0.124. The van der Waals surface area contributed by atoms with Crippen molar-refractivity contribution in [1.29, 1.82) is 0 Å². The van der Waals surface area contributed by atoms with Gasteiger partial charge in [0.2, 0.25) is 0 Å². The third-order valence-corrected chi connectivity index (χ3v) is 4.11. The van der Waals surface area contributed by atoms with Crippen molar-refractivity contribution in [2.45, 2.75) is 18.8 Å². The minimum atomic E-state index is -5.10. The average molecular weight is 469 g/mol. The number of nitrogens with one attached hydrogen (secondary N) is 2. The molecule has 30 heavy (non-hydrogen) atoms. The second kappa shape index (κ2) is 10.7. The highest BCUT2D eigenvalue weighted by molar-refractivity contribution is 7.86. The van der Waals surface area contributed by atoms with Gasteiger partial charge in [-0.25, -0.2) is 14.3 Å². The Kier molecular flexibility index (Phi) is 8.96. The molecule has 3 amide bonds. The van der Waals surface area contributed by atoms with Crippen molar-refractivity contribution in [1.82, 2.24) is 10.0 Å². The standard InChI is InChI=1S/C14H19N3O11S2/c1-29(21,22)28-10(8-26-13(15)19)11(12(18)17-30(23,24)25)16-14(20)27-7-9-5-3-2-4-6-9/h2-6,10-11H,7-8H2,1H3,(H2,15,19)(H,16,20)(H,17,18)(H,23,24,25)/t10-,11+/m1/s1. The summed E-state index contributed by atoms with van der Waals surface area (Å²) >= 11 is 0. The Balaban J connectivity index is 3.05. The smallest absolute Gasteiger partial charge is 0.408 e. The van der Waals surface area contributed by atoms with Crippen LogP contribution in [-0.2, 0) is 45.5 Å². The number of nitrogens with two attached hydrogens (primary N) is 1. The Labute approximate surface area is 171 Å². The first-order valence-corrected chi connectivity index (χ1v) is 11.1. The number of alkyl carbamates (subject to hydrolysis) is 1. The van der Waals surface area contributed by atoms with Gasteiger partial charge in [0.15, 0.2) is 0 Å². The van der Waals surface area contributed by atoms with E-state index >= 15 is 0 Å². The van der Waals surface area contributed by atoms with Gasteiger partial charge in [0.05, 0.1) is 6.26 Å². The Bertz CT molecular complexity index is 964. The summed E-state index contributed by atoms with van der Waals surface area (Å²) in [6.45, 7) is -1.24. The Morgan fingerprint density at radius 2 is 1.70 bits per heavy atom. The highest BCUT2D eigenvalue weighted by Crippen LogP contribution is 2.08. The summed E-state index contributed by atoms with van der Waals surface area (Å²) in [5.41, 5.74) is 5.34. The third-order valence-electron chi connectivity index (χ3n) is 3.06. The van der Waals surface area contributed by atoms with Gasteiger partial charge in [0, 0.05) is 0 Å². The van der Waals surface area contributed by atoms with Gasteiger partial charge in [-0.05, 0) is 5.56 Å². The number of rotatable bonds is 10. The van der Waals surface area contributed by atoms with Crippen molar-refractivity contribution in [3.05, 3.63) is 35.9 Å². The van der Waals surface area contributed by atoms with Crippen LogP contribution in [0.4, 0.5) is 9.59 Å². The molecule has 1 aromatic rings. The molecule has 0 unspecified atom stereocenters. The van der Waals surface area contributed by atoms with E-state index in [1.54, 1.807) is 30.3 Å². The molecule has 0 radical (unpaired) electrons. The molecule has 2 atom stereocenters. The number of primary amides is 1. The van der Waals surface area contributed by atoms with E-state index in [1.165, 1.54) is 0 Å². The fourth-order valence-electron chi connectivity index (χ4n) is 1.98. The normalized spacial score (nSPS) is 13.5. The van der Waals surface area contributed by atoms with Crippen LogP contribution >= 0.6 is 0 Å². The zero-order valence-electron chi connectivity index (χ0n) is 15.4. The molecular formula is C14H19N3O11S2. The molecule has 0 heterocycles. The molecule has 1 rings (SSSR count). The molecule has 0 saturated heterocycles. The van der Waals surface area contributed by atoms with Crippen molar-refractivity contribution >= 4 is 38.5 Å². The van der Waals surface area contributed by atoms with Gasteiger partial charge in [-0.15, -0.1) is 0 Å². The maximum absolute atomic E-state index is 12.2. The molecule has 0 aliphatic heterocycles. The lowest BCUT2D eigenvalue weighted by Gasteiger charge is -2.25. The topological polar surface area (TPSA) is 217 Å². The van der Waals surface area contributed by atoms with Gasteiger partial charge in [-0.1, -0.05) is 30.3 Å². The van der Waals surface area contributed by atoms with E-state index in [0.717, 1.165) is 4.72 Å². The van der Waals surface area contributed by atoms with E-state index in [-0.39, 0.29) is 6.61 Å². The quantitative estimate of drug-likeness (QED) is 0.232. The molecule has 0 bridgehead atoms. The number of hydrogen-bond acceptors (Lipinski definition) is 10. The van der Waals surface area contributed by atoms with Crippen molar-refractivity contribution in [2.24, 2.45) is 5.73 Å². The molecular weight excluding hydrogens is 450 g/mol. The van der Waals surface area contributed by atoms with Gasteiger partial charge in [0.1, 0.15) is 25.4 Å². The van der Waals surface area contributed by atoms with Crippen molar-refractivity contribution in [2.75, 3.05) is 12.9 Å². The molecule has 0 aromatic heterocycles. The van der Waals surface area contributed by atoms with Crippen LogP contribution in [-0.4, -0.2) is 64.5 Å². The minimum Gasteiger partial charge on any atom is -0.447 e. The molecule has 5 N–H and O–H groups in total. The van der Waals surface area contributed by atoms with Crippen LogP contribution in [0.3, 0.4) is 0 Å². The minimum absolute atomic E-state index is 0.255. The molecule has 16 heteroatoms. The van der Waals surface area contributed by atoms with E-state index in [2.05, 4.69) is 8.92 Å². The summed E-state index contributed by atoms with van der Waals surface area (Å²) in [5.74, 6) is -1.61. The number of carbonyl (C=O) groups excluding carboxylic acids is 3. The van der Waals surface area contributed by atoms with Crippen LogP contribution in [0, 0.1) is 0 Å². The third kappa shape index (κ3) is 10.6. The van der Waals surface area contributed by atoms with Crippen LogP contribution in [0.25, 0.3) is 0 Å². The average Bonchev–Trinajstić information content (AvgIpc) is 2.60. The van der Waals surface area contributed by atoms with E-state index in [0.29, 0.717) is 11.8 Å². The SMILES string of the molecule is CS(=O)(=O)O[C@H](COC(N)=O)[C@H](NC(=O)OCc1ccccc1)C(=O)NS(=O)(=O)O. The zero-order valence-corrected chi connectivity index (χ0v) is 17.0. The number of amides is 3. The first-order chi connectivity index (χ1) is 13.8. The summed E-state index contributed by atoms with van der Waals surface area (Å²) in [6, 6.07) is 6.17. The Morgan fingerprint density at radius 3 is 2.20 bits per heavy atom. The van der Waals surface area contributed by atoms with Crippen LogP contribution in [0.15, 0.2) is 30.3 Å². The van der Waals surface area contributed by atoms with Crippen molar-refractivity contribution in [3.8, 4) is 0 Å². The zero-order chi connectivity index (χ0) is 22.9. The molecule has 0 aliphatic carbocycles. The van der Waals surface area contributed by atoms with Gasteiger partial charge < -0.3 is 20.5 Å². The number of carbonyl (C=O) groups is 3. The van der Waals surface area contributed by atoms with Crippen LogP contribution < -0.4 is 15.8 Å². The van der Waals surface area contributed by atoms with E-state index in [4.69, 9.17) is 15.0 Å². The van der Waals surface area contributed by atoms with Crippen molar-refractivity contribution in [3.63, 3.8) is 0 Å². The van der Waals surface area contributed by atoms with Crippen LogP contribution in [0.5, 0.6) is 0 Å². The molecule has 0 spiro atoms. The summed E-state index contributed by atoms with van der Waals surface area (Å²) in [5, 5.41) is 1.89. The lowest BCUT2D eigenvalue weighted by atomic mass is 10.1. The predicted molar refractivity (Wildman–Crippen MR) is 98.5 cm³/mol. The molecule has 14 nitrogen and oxygen atoms in total. The molecule has 168 valence electrons. The first kappa shape index (κ1) is 25.1. The van der Waals surface area contributed by atoms with E-state index in [9.17, 15) is 31.2 Å². The molecule has 0 fully saturated rings. The molecule has 0 saturated carbocycles. The maximum atomic E-state index is 12.2. The van der Waals surface area contributed by atoms with Gasteiger partial charge in [-0.2, -0.15) is 16.8 Å². The summed E-state index contributed by atoms with van der Waals surface area (Å²) < 4.78 is 68.5. The summed E-state index contributed by atoms with van der Waals surface area (Å²) in [4.78, 5) is 35.0. The van der Waals surface area contributed by atoms with Gasteiger partial charge >= 0.3 is 22.5 Å². The number of benzene rings is 1.